The molecule has 9 heteroatoms. The first-order chi connectivity index (χ1) is 9.45. The number of benzene rings is 1. The van der Waals surface area contributed by atoms with Gasteiger partial charge in [0, 0.05) is 0 Å². The van der Waals surface area contributed by atoms with Crippen LogP contribution in [0.4, 0.5) is 26.3 Å². The molecule has 0 aromatic heterocycles. The van der Waals surface area contributed by atoms with E-state index in [0.717, 1.165) is 0 Å². The minimum atomic E-state index is -5.01. The maximum Gasteiger partial charge on any atom is 0.416 e. The van der Waals surface area contributed by atoms with Crippen molar-refractivity contribution in [2.45, 2.75) is 31.8 Å². The molecule has 1 aromatic carbocycles. The number of ether oxygens (including phenoxy) is 1. The molecule has 0 aliphatic heterocycles. The molecule has 21 heavy (non-hydrogen) atoms. The molecule has 1 aromatic rings. The van der Waals surface area contributed by atoms with Crippen LogP contribution in [0.5, 0.6) is 5.75 Å². The number of carboxylic acids is 1. The average Bonchev–Trinajstić information content (AvgIpc) is 2.33. The highest BCUT2D eigenvalue weighted by Crippen LogP contribution is 2.38. The Balaban J connectivity index is 3.29. The maximum absolute atomic E-state index is 12.6. The van der Waals surface area contributed by atoms with Crippen molar-refractivity contribution >= 4 is 5.97 Å². The van der Waals surface area contributed by atoms with E-state index in [1.165, 1.54) is 6.92 Å². The zero-order valence-corrected chi connectivity index (χ0v) is 10.5. The van der Waals surface area contributed by atoms with Crippen LogP contribution in [0, 0.1) is 0 Å². The van der Waals surface area contributed by atoms with Crippen molar-refractivity contribution in [3.63, 3.8) is 0 Å². The molecule has 0 fully saturated rings. The SMILES string of the molecule is CCC(Oc1cc(C(F)(F)F)cc(C(F)(F)F)c1)C(=O)O. The Kier molecular flexibility index (Phi) is 4.75. The lowest BCUT2D eigenvalue weighted by atomic mass is 10.1. The molecule has 1 unspecified atom stereocenters. The van der Waals surface area contributed by atoms with Crippen LogP contribution >= 0.6 is 0 Å². The largest absolute Gasteiger partial charge is 0.479 e. The van der Waals surface area contributed by atoms with Gasteiger partial charge in [-0.15, -0.1) is 0 Å². The molecule has 118 valence electrons. The van der Waals surface area contributed by atoms with Crippen LogP contribution in [0.2, 0.25) is 0 Å². The summed E-state index contributed by atoms with van der Waals surface area (Å²) in [6.07, 6.45) is -11.7. The van der Waals surface area contributed by atoms with E-state index in [1.54, 1.807) is 0 Å². The average molecular weight is 316 g/mol. The van der Waals surface area contributed by atoms with Crippen LogP contribution in [0.25, 0.3) is 0 Å². The molecule has 0 spiro atoms. The number of aliphatic carboxylic acids is 1. The first kappa shape index (κ1) is 17.1. The van der Waals surface area contributed by atoms with Gasteiger partial charge in [-0.3, -0.25) is 0 Å². The Morgan fingerprint density at radius 2 is 1.52 bits per heavy atom. The number of carboxylic acid groups (broad SMARTS) is 1. The number of halogens is 6. The fourth-order valence-electron chi connectivity index (χ4n) is 1.47. The fraction of sp³-hybridized carbons (Fsp3) is 0.417. The number of carbonyl (C=O) groups is 1. The number of hydrogen-bond acceptors (Lipinski definition) is 2. The predicted molar refractivity (Wildman–Crippen MR) is 58.8 cm³/mol. The van der Waals surface area contributed by atoms with Crippen molar-refractivity contribution in [1.82, 2.24) is 0 Å². The van der Waals surface area contributed by atoms with Gasteiger partial charge in [0.25, 0.3) is 0 Å². The minimum absolute atomic E-state index is 0.0609. The normalized spacial score (nSPS) is 13.9. The molecular weight excluding hydrogens is 306 g/mol. The summed E-state index contributed by atoms with van der Waals surface area (Å²) >= 11 is 0. The van der Waals surface area contributed by atoms with Gasteiger partial charge in [-0.1, -0.05) is 6.92 Å². The van der Waals surface area contributed by atoms with E-state index in [0.29, 0.717) is 12.1 Å². The highest BCUT2D eigenvalue weighted by Gasteiger charge is 2.37. The standard InChI is InChI=1S/C12H10F6O3/c1-2-9(10(19)20)21-8-4-6(11(13,14)15)3-7(5-8)12(16,17)18/h3-5,9H,2H2,1H3,(H,19,20). The second kappa shape index (κ2) is 5.82. The van der Waals surface area contributed by atoms with E-state index >= 15 is 0 Å². The quantitative estimate of drug-likeness (QED) is 0.855. The van der Waals surface area contributed by atoms with E-state index in [4.69, 9.17) is 9.84 Å². The topological polar surface area (TPSA) is 46.5 Å². The maximum atomic E-state index is 12.6. The van der Waals surface area contributed by atoms with Gasteiger partial charge in [0.2, 0.25) is 0 Å². The monoisotopic (exact) mass is 316 g/mol. The molecular formula is C12H10F6O3. The Hall–Kier alpha value is -1.93. The van der Waals surface area contributed by atoms with Crippen LogP contribution in [0.15, 0.2) is 18.2 Å². The summed E-state index contributed by atoms with van der Waals surface area (Å²) in [7, 11) is 0. The van der Waals surface area contributed by atoms with Crippen molar-refractivity contribution in [2.75, 3.05) is 0 Å². The van der Waals surface area contributed by atoms with E-state index in [9.17, 15) is 31.1 Å². The van der Waals surface area contributed by atoms with Crippen LogP contribution in [0.1, 0.15) is 24.5 Å². The van der Waals surface area contributed by atoms with E-state index in [2.05, 4.69) is 0 Å². The van der Waals surface area contributed by atoms with E-state index in [1.807, 2.05) is 0 Å². The predicted octanol–water partition coefficient (Wildman–Crippen LogP) is 3.97. The third-order valence-corrected chi connectivity index (χ3v) is 2.49. The summed E-state index contributed by atoms with van der Waals surface area (Å²) in [4.78, 5) is 10.7. The van der Waals surface area contributed by atoms with Gasteiger partial charge in [0.15, 0.2) is 6.10 Å². The molecule has 3 nitrogen and oxygen atoms in total. The van der Waals surface area contributed by atoms with E-state index < -0.39 is 41.3 Å². The first-order valence-electron chi connectivity index (χ1n) is 5.64. The fourth-order valence-corrected chi connectivity index (χ4v) is 1.47. The Labute approximate surface area is 115 Å². The summed E-state index contributed by atoms with van der Waals surface area (Å²) < 4.78 is 80.1. The number of alkyl halides is 6. The van der Waals surface area contributed by atoms with Gasteiger partial charge in [0.1, 0.15) is 5.75 Å². The zero-order valence-electron chi connectivity index (χ0n) is 10.5. The molecule has 1 N–H and O–H groups in total. The lowest BCUT2D eigenvalue weighted by Crippen LogP contribution is -2.26. The smallest absolute Gasteiger partial charge is 0.416 e. The lowest BCUT2D eigenvalue weighted by molar-refractivity contribution is -0.145. The molecule has 0 saturated carbocycles. The minimum Gasteiger partial charge on any atom is -0.479 e. The second-order valence-corrected chi connectivity index (χ2v) is 4.09. The van der Waals surface area contributed by atoms with Crippen LogP contribution in [0.3, 0.4) is 0 Å². The van der Waals surface area contributed by atoms with Crippen LogP contribution in [-0.4, -0.2) is 17.2 Å². The van der Waals surface area contributed by atoms with Crippen molar-refractivity contribution in [1.29, 1.82) is 0 Å². The molecule has 1 rings (SSSR count). The molecule has 0 heterocycles. The van der Waals surface area contributed by atoms with Gasteiger partial charge < -0.3 is 9.84 Å². The summed E-state index contributed by atoms with van der Waals surface area (Å²) in [6, 6.07) is 0.607. The summed E-state index contributed by atoms with van der Waals surface area (Å²) in [5.74, 6) is -2.28. The van der Waals surface area contributed by atoms with Gasteiger partial charge in [-0.2, -0.15) is 26.3 Å². The molecule has 0 radical (unpaired) electrons. The van der Waals surface area contributed by atoms with Crippen molar-refractivity contribution in [3.8, 4) is 5.75 Å². The molecule has 0 bridgehead atoms. The number of rotatable bonds is 4. The summed E-state index contributed by atoms with van der Waals surface area (Å²) in [5.41, 5.74) is -3.12. The third-order valence-electron chi connectivity index (χ3n) is 2.49. The first-order valence-corrected chi connectivity index (χ1v) is 5.64. The molecule has 0 aliphatic carbocycles. The van der Waals surface area contributed by atoms with Gasteiger partial charge in [-0.05, 0) is 24.6 Å². The Bertz CT molecular complexity index is 488. The van der Waals surface area contributed by atoms with E-state index in [-0.39, 0.29) is 12.5 Å². The van der Waals surface area contributed by atoms with Crippen molar-refractivity contribution in [2.24, 2.45) is 0 Å². The summed E-state index contributed by atoms with van der Waals surface area (Å²) in [5, 5.41) is 8.72. The third kappa shape index (κ3) is 4.54. The zero-order chi connectivity index (χ0) is 16.4. The van der Waals surface area contributed by atoms with Crippen molar-refractivity contribution in [3.05, 3.63) is 29.3 Å². The van der Waals surface area contributed by atoms with Gasteiger partial charge in [0.05, 0.1) is 11.1 Å². The highest BCUT2D eigenvalue weighted by atomic mass is 19.4. The highest BCUT2D eigenvalue weighted by molar-refractivity contribution is 5.72. The van der Waals surface area contributed by atoms with Gasteiger partial charge >= 0.3 is 18.3 Å². The Morgan fingerprint density at radius 3 is 1.81 bits per heavy atom. The van der Waals surface area contributed by atoms with Crippen molar-refractivity contribution < 1.29 is 41.0 Å². The molecule has 0 amide bonds. The van der Waals surface area contributed by atoms with Gasteiger partial charge in [-0.25, -0.2) is 4.79 Å². The Morgan fingerprint density at radius 1 is 1.10 bits per heavy atom. The molecule has 0 saturated heterocycles. The molecule has 0 aliphatic rings. The number of hydrogen-bond donors (Lipinski definition) is 1. The summed E-state index contributed by atoms with van der Waals surface area (Å²) in [6.45, 7) is 1.37. The van der Waals surface area contributed by atoms with Crippen LogP contribution in [-0.2, 0) is 17.1 Å². The molecule has 1 atom stereocenters. The second-order valence-electron chi connectivity index (χ2n) is 4.09. The van der Waals surface area contributed by atoms with Crippen LogP contribution < -0.4 is 4.74 Å². The lowest BCUT2D eigenvalue weighted by Gasteiger charge is -2.17.